The van der Waals surface area contributed by atoms with Gasteiger partial charge in [-0.15, -0.1) is 0 Å². The van der Waals surface area contributed by atoms with Gasteiger partial charge in [-0.2, -0.15) is 0 Å². The van der Waals surface area contributed by atoms with Crippen LogP contribution in [0.1, 0.15) is 29.0 Å². The molecule has 0 radical (unpaired) electrons. The van der Waals surface area contributed by atoms with Crippen LogP contribution in [-0.2, 0) is 0 Å². The number of nitrogens with two attached hydrogens (primary N) is 1. The zero-order chi connectivity index (χ0) is 14.7. The van der Waals surface area contributed by atoms with Gasteiger partial charge in [-0.25, -0.2) is 8.78 Å². The summed E-state index contributed by atoms with van der Waals surface area (Å²) in [6, 6.07) is 6.74. The van der Waals surface area contributed by atoms with E-state index in [0.717, 1.165) is 12.1 Å². The maximum atomic E-state index is 13.7. The molecule has 0 spiro atoms. The van der Waals surface area contributed by atoms with E-state index in [1.807, 2.05) is 0 Å². The molecule has 4 nitrogen and oxygen atoms in total. The molecule has 0 saturated heterocycles. The van der Waals surface area contributed by atoms with Crippen LogP contribution in [0.3, 0.4) is 0 Å². The second kappa shape index (κ2) is 5.64. The quantitative estimate of drug-likeness (QED) is 0.847. The molecule has 20 heavy (non-hydrogen) atoms. The average molecular weight is 277 g/mol. The molecule has 1 atom stereocenters. The molecule has 3 N–H and O–H groups in total. The van der Waals surface area contributed by atoms with Gasteiger partial charge < -0.3 is 11.1 Å². The highest BCUT2D eigenvalue weighted by Crippen LogP contribution is 2.19. The van der Waals surface area contributed by atoms with E-state index in [1.54, 1.807) is 31.3 Å². The summed E-state index contributed by atoms with van der Waals surface area (Å²) < 4.78 is 27.3. The molecule has 1 aromatic carbocycles. The first-order valence-corrected chi connectivity index (χ1v) is 5.96. The summed E-state index contributed by atoms with van der Waals surface area (Å²) in [7, 11) is 0. The van der Waals surface area contributed by atoms with Crippen molar-refractivity contribution < 1.29 is 13.6 Å². The lowest BCUT2D eigenvalue weighted by atomic mass is 10.1. The van der Waals surface area contributed by atoms with Crippen molar-refractivity contribution in [3.8, 4) is 0 Å². The molecule has 0 bridgehead atoms. The van der Waals surface area contributed by atoms with Crippen molar-refractivity contribution in [2.24, 2.45) is 0 Å². The molecule has 0 saturated carbocycles. The summed E-state index contributed by atoms with van der Waals surface area (Å²) in [5.74, 6) is -2.89. The zero-order valence-electron chi connectivity index (χ0n) is 10.7. The van der Waals surface area contributed by atoms with E-state index >= 15 is 0 Å². The standard InChI is InChI=1S/C14H13F2N3O/c1-8(11-4-2-3-7-18-11)19-14(20)12-9(15)5-6-10(17)13(12)16/h2-8H,17H2,1H3,(H,19,20). The lowest BCUT2D eigenvalue weighted by Gasteiger charge is -2.14. The van der Waals surface area contributed by atoms with Crippen molar-refractivity contribution in [3.63, 3.8) is 0 Å². The van der Waals surface area contributed by atoms with E-state index in [1.165, 1.54) is 0 Å². The van der Waals surface area contributed by atoms with Gasteiger partial charge in [-0.3, -0.25) is 9.78 Å². The van der Waals surface area contributed by atoms with E-state index in [0.29, 0.717) is 5.69 Å². The maximum Gasteiger partial charge on any atom is 0.257 e. The molecular weight excluding hydrogens is 264 g/mol. The molecular formula is C14H13F2N3O. The Kier molecular flexibility index (Phi) is 3.93. The van der Waals surface area contributed by atoms with Crippen molar-refractivity contribution in [3.05, 3.63) is 59.4 Å². The van der Waals surface area contributed by atoms with Crippen LogP contribution in [-0.4, -0.2) is 10.9 Å². The van der Waals surface area contributed by atoms with Gasteiger partial charge in [0.25, 0.3) is 5.91 Å². The Balaban J connectivity index is 2.23. The smallest absolute Gasteiger partial charge is 0.257 e. The highest BCUT2D eigenvalue weighted by molar-refractivity contribution is 5.95. The summed E-state index contributed by atoms with van der Waals surface area (Å²) in [6.45, 7) is 1.67. The van der Waals surface area contributed by atoms with Crippen LogP contribution in [0.4, 0.5) is 14.5 Å². The summed E-state index contributed by atoms with van der Waals surface area (Å²) in [5.41, 5.74) is 4.96. The van der Waals surface area contributed by atoms with Crippen LogP contribution in [0.2, 0.25) is 0 Å². The number of rotatable bonds is 3. The minimum absolute atomic E-state index is 0.276. The van der Waals surface area contributed by atoms with Gasteiger partial charge in [-0.05, 0) is 31.2 Å². The second-order valence-electron chi connectivity index (χ2n) is 4.28. The highest BCUT2D eigenvalue weighted by Gasteiger charge is 2.21. The summed E-state index contributed by atoms with van der Waals surface area (Å²) in [4.78, 5) is 16.0. The number of pyridine rings is 1. The number of hydrogen-bond acceptors (Lipinski definition) is 3. The molecule has 0 fully saturated rings. The highest BCUT2D eigenvalue weighted by atomic mass is 19.1. The Morgan fingerprint density at radius 1 is 1.30 bits per heavy atom. The Morgan fingerprint density at radius 2 is 2.05 bits per heavy atom. The third-order valence-corrected chi connectivity index (χ3v) is 2.83. The Bertz CT molecular complexity index is 632. The molecule has 2 rings (SSSR count). The lowest BCUT2D eigenvalue weighted by molar-refractivity contribution is 0.0930. The molecule has 1 aromatic heterocycles. The summed E-state index contributed by atoms with van der Waals surface area (Å²) in [6.07, 6.45) is 1.57. The van der Waals surface area contributed by atoms with Gasteiger partial charge in [0, 0.05) is 6.20 Å². The van der Waals surface area contributed by atoms with E-state index in [2.05, 4.69) is 10.3 Å². The topological polar surface area (TPSA) is 68.0 Å². The zero-order valence-corrected chi connectivity index (χ0v) is 10.7. The maximum absolute atomic E-state index is 13.7. The predicted octanol–water partition coefficient (Wildman–Crippen LogP) is 2.43. The van der Waals surface area contributed by atoms with E-state index < -0.39 is 29.1 Å². The van der Waals surface area contributed by atoms with Crippen LogP contribution in [0.5, 0.6) is 0 Å². The first-order valence-electron chi connectivity index (χ1n) is 5.96. The number of nitrogen functional groups attached to an aromatic ring is 1. The van der Waals surface area contributed by atoms with E-state index in [4.69, 9.17) is 5.73 Å². The minimum atomic E-state index is -1.06. The van der Waals surface area contributed by atoms with Crippen LogP contribution in [0.15, 0.2) is 36.5 Å². The fourth-order valence-corrected chi connectivity index (χ4v) is 1.75. The number of anilines is 1. The Hall–Kier alpha value is -2.50. The third-order valence-electron chi connectivity index (χ3n) is 2.83. The number of nitrogens with zero attached hydrogens (tertiary/aromatic N) is 1. The van der Waals surface area contributed by atoms with Crippen molar-refractivity contribution in [2.45, 2.75) is 13.0 Å². The van der Waals surface area contributed by atoms with Crippen LogP contribution >= 0.6 is 0 Å². The van der Waals surface area contributed by atoms with Crippen molar-refractivity contribution in [1.29, 1.82) is 0 Å². The molecule has 0 aliphatic rings. The van der Waals surface area contributed by atoms with Gasteiger partial charge in [0.1, 0.15) is 11.4 Å². The van der Waals surface area contributed by atoms with Crippen molar-refractivity contribution in [1.82, 2.24) is 10.3 Å². The summed E-state index contributed by atoms with van der Waals surface area (Å²) >= 11 is 0. The number of benzene rings is 1. The molecule has 1 unspecified atom stereocenters. The van der Waals surface area contributed by atoms with E-state index in [-0.39, 0.29) is 5.69 Å². The van der Waals surface area contributed by atoms with Crippen LogP contribution < -0.4 is 11.1 Å². The van der Waals surface area contributed by atoms with E-state index in [9.17, 15) is 13.6 Å². The fourth-order valence-electron chi connectivity index (χ4n) is 1.75. The molecule has 1 heterocycles. The SMILES string of the molecule is CC(NC(=O)c1c(F)ccc(N)c1F)c1ccccn1. The number of carbonyl (C=O) groups is 1. The van der Waals surface area contributed by atoms with Gasteiger partial charge in [0.15, 0.2) is 5.82 Å². The van der Waals surface area contributed by atoms with Crippen LogP contribution in [0, 0.1) is 11.6 Å². The van der Waals surface area contributed by atoms with Crippen LogP contribution in [0.25, 0.3) is 0 Å². The van der Waals surface area contributed by atoms with Gasteiger partial charge in [-0.1, -0.05) is 6.07 Å². The lowest BCUT2D eigenvalue weighted by Crippen LogP contribution is -2.29. The van der Waals surface area contributed by atoms with Crippen molar-refractivity contribution in [2.75, 3.05) is 5.73 Å². The molecule has 104 valence electrons. The molecule has 2 aromatic rings. The first kappa shape index (κ1) is 13.9. The first-order chi connectivity index (χ1) is 9.50. The monoisotopic (exact) mass is 277 g/mol. The normalized spacial score (nSPS) is 11.9. The Morgan fingerprint density at radius 3 is 2.70 bits per heavy atom. The average Bonchev–Trinajstić information content (AvgIpc) is 2.44. The molecule has 0 aliphatic heterocycles. The predicted molar refractivity (Wildman–Crippen MR) is 70.9 cm³/mol. The summed E-state index contributed by atoms with van der Waals surface area (Å²) in [5, 5.41) is 2.48. The molecule has 1 amide bonds. The molecule has 6 heteroatoms. The van der Waals surface area contributed by atoms with Gasteiger partial charge >= 0.3 is 0 Å². The second-order valence-corrected chi connectivity index (χ2v) is 4.28. The van der Waals surface area contributed by atoms with Gasteiger partial charge in [0.05, 0.1) is 17.4 Å². The number of aromatic nitrogens is 1. The number of nitrogens with one attached hydrogen (secondary N) is 1. The largest absolute Gasteiger partial charge is 0.396 e. The van der Waals surface area contributed by atoms with Crippen molar-refractivity contribution >= 4 is 11.6 Å². The minimum Gasteiger partial charge on any atom is -0.396 e. The number of hydrogen-bond donors (Lipinski definition) is 2. The third kappa shape index (κ3) is 2.74. The number of halogens is 2. The number of amides is 1. The Labute approximate surface area is 114 Å². The molecule has 0 aliphatic carbocycles. The van der Waals surface area contributed by atoms with Gasteiger partial charge in [0.2, 0.25) is 0 Å². The fraction of sp³-hybridized carbons (Fsp3) is 0.143. The number of carbonyl (C=O) groups excluding carboxylic acids is 1.